The van der Waals surface area contributed by atoms with Crippen LogP contribution in [0.15, 0.2) is 0 Å². The average Bonchev–Trinajstić information content (AvgIpc) is 2.78. The normalized spacial score (nSPS) is 18.2. The first kappa shape index (κ1) is 15.9. The Hall–Kier alpha value is -1.43. The number of methoxy groups -OCH3 is 1. The smallest absolute Gasteiger partial charge is 0.358 e. The van der Waals surface area contributed by atoms with E-state index < -0.39 is 5.97 Å². The molecule has 0 atom stereocenters. The molecule has 1 aromatic heterocycles. The van der Waals surface area contributed by atoms with Gasteiger partial charge in [0, 0.05) is 20.0 Å². The van der Waals surface area contributed by atoms with E-state index in [9.17, 15) is 9.59 Å². The molecule has 1 fully saturated rings. The summed E-state index contributed by atoms with van der Waals surface area (Å²) in [5.74, 6) is -0.688. The summed E-state index contributed by atoms with van der Waals surface area (Å²) < 4.78 is 4.72. The second-order valence-electron chi connectivity index (χ2n) is 6.23. The van der Waals surface area contributed by atoms with Gasteiger partial charge in [0.15, 0.2) is 16.6 Å². The van der Waals surface area contributed by atoms with Crippen molar-refractivity contribution in [1.82, 2.24) is 4.98 Å². The van der Waals surface area contributed by atoms with Gasteiger partial charge in [-0.05, 0) is 24.7 Å². The minimum absolute atomic E-state index is 0.144. The van der Waals surface area contributed by atoms with Crippen LogP contribution in [-0.4, -0.2) is 36.9 Å². The number of Topliss-reactive ketones (excluding diaryl/α,β-unsaturated/α-hetero) is 1. The van der Waals surface area contributed by atoms with Gasteiger partial charge in [0.1, 0.15) is 4.88 Å². The molecule has 0 spiro atoms. The van der Waals surface area contributed by atoms with Crippen LogP contribution in [0, 0.1) is 5.41 Å². The lowest BCUT2D eigenvalue weighted by Crippen LogP contribution is -2.25. The summed E-state index contributed by atoms with van der Waals surface area (Å²) in [6.07, 6.45) is 3.35. The van der Waals surface area contributed by atoms with Crippen molar-refractivity contribution in [3.05, 3.63) is 10.6 Å². The molecule has 1 saturated heterocycles. The maximum absolute atomic E-state index is 11.8. The van der Waals surface area contributed by atoms with Crippen LogP contribution in [-0.2, 0) is 4.74 Å². The van der Waals surface area contributed by atoms with E-state index in [1.165, 1.54) is 31.8 Å². The first-order chi connectivity index (χ1) is 9.84. The van der Waals surface area contributed by atoms with Crippen molar-refractivity contribution in [2.75, 3.05) is 25.1 Å². The molecule has 0 saturated carbocycles. The molecular formula is C15H22N2O3S. The standard InChI is InChI=1S/C15H22N2O3S/c1-10(18)12-11(13(19)20-4)16-14(21-12)17-8-5-6-15(2,3)7-9-17/h5-9H2,1-4H3. The van der Waals surface area contributed by atoms with Gasteiger partial charge < -0.3 is 9.64 Å². The molecular weight excluding hydrogens is 288 g/mol. The van der Waals surface area contributed by atoms with Gasteiger partial charge in [0.2, 0.25) is 0 Å². The van der Waals surface area contributed by atoms with E-state index in [0.29, 0.717) is 10.3 Å². The number of thiazole rings is 1. The summed E-state index contributed by atoms with van der Waals surface area (Å²) in [5, 5.41) is 0.748. The van der Waals surface area contributed by atoms with Crippen LogP contribution in [0.4, 0.5) is 5.13 Å². The van der Waals surface area contributed by atoms with Gasteiger partial charge in [-0.1, -0.05) is 25.2 Å². The maximum Gasteiger partial charge on any atom is 0.358 e. The fourth-order valence-electron chi connectivity index (χ4n) is 2.53. The molecule has 1 aliphatic heterocycles. The molecule has 0 unspecified atom stereocenters. The minimum atomic E-state index is -0.544. The molecule has 21 heavy (non-hydrogen) atoms. The first-order valence-corrected chi connectivity index (χ1v) is 8.01. The van der Waals surface area contributed by atoms with E-state index >= 15 is 0 Å². The zero-order valence-electron chi connectivity index (χ0n) is 13.1. The molecule has 116 valence electrons. The monoisotopic (exact) mass is 310 g/mol. The molecule has 1 aromatic rings. The zero-order valence-corrected chi connectivity index (χ0v) is 13.9. The zero-order chi connectivity index (χ0) is 15.6. The van der Waals surface area contributed by atoms with Crippen molar-refractivity contribution in [2.24, 2.45) is 5.41 Å². The molecule has 1 aliphatic rings. The number of hydrogen-bond donors (Lipinski definition) is 0. The Kier molecular flexibility index (Phi) is 4.66. The Bertz CT molecular complexity index is 551. The number of anilines is 1. The van der Waals surface area contributed by atoms with E-state index in [1.807, 2.05) is 0 Å². The third-order valence-corrected chi connectivity index (χ3v) is 5.14. The van der Waals surface area contributed by atoms with E-state index in [-0.39, 0.29) is 11.5 Å². The minimum Gasteiger partial charge on any atom is -0.464 e. The molecule has 0 aliphatic carbocycles. The van der Waals surface area contributed by atoms with Crippen LogP contribution in [0.3, 0.4) is 0 Å². The lowest BCUT2D eigenvalue weighted by Gasteiger charge is -2.22. The topological polar surface area (TPSA) is 59.5 Å². The third-order valence-electron chi connectivity index (χ3n) is 3.92. The number of esters is 1. The van der Waals surface area contributed by atoms with Crippen LogP contribution in [0.5, 0.6) is 0 Å². The SMILES string of the molecule is COC(=O)c1nc(N2CCCC(C)(C)CC2)sc1C(C)=O. The number of ketones is 1. The molecule has 2 heterocycles. The van der Waals surface area contributed by atoms with Crippen molar-refractivity contribution < 1.29 is 14.3 Å². The highest BCUT2D eigenvalue weighted by Gasteiger charge is 2.27. The highest BCUT2D eigenvalue weighted by atomic mass is 32.1. The molecule has 0 radical (unpaired) electrons. The van der Waals surface area contributed by atoms with E-state index in [2.05, 4.69) is 23.7 Å². The van der Waals surface area contributed by atoms with Gasteiger partial charge in [-0.3, -0.25) is 4.79 Å². The molecule has 0 amide bonds. The molecule has 0 aromatic carbocycles. The lowest BCUT2D eigenvalue weighted by molar-refractivity contribution is 0.0591. The lowest BCUT2D eigenvalue weighted by atomic mass is 9.85. The van der Waals surface area contributed by atoms with Gasteiger partial charge in [-0.25, -0.2) is 9.78 Å². The Labute approximate surface area is 129 Å². The van der Waals surface area contributed by atoms with Crippen molar-refractivity contribution in [1.29, 1.82) is 0 Å². The fourth-order valence-corrected chi connectivity index (χ4v) is 3.53. The van der Waals surface area contributed by atoms with Gasteiger partial charge >= 0.3 is 5.97 Å². The summed E-state index contributed by atoms with van der Waals surface area (Å²) in [6.45, 7) is 7.82. The Morgan fingerprint density at radius 2 is 2.00 bits per heavy atom. The molecule has 0 bridgehead atoms. The average molecular weight is 310 g/mol. The number of hydrogen-bond acceptors (Lipinski definition) is 6. The van der Waals surface area contributed by atoms with Gasteiger partial charge in [0.05, 0.1) is 7.11 Å². The number of rotatable bonds is 3. The Morgan fingerprint density at radius 3 is 2.62 bits per heavy atom. The quantitative estimate of drug-likeness (QED) is 0.634. The molecule has 6 heteroatoms. The highest BCUT2D eigenvalue weighted by molar-refractivity contribution is 7.17. The predicted molar refractivity (Wildman–Crippen MR) is 83.3 cm³/mol. The predicted octanol–water partition coefficient (Wildman–Crippen LogP) is 3.15. The van der Waals surface area contributed by atoms with Crippen molar-refractivity contribution in [2.45, 2.75) is 40.0 Å². The van der Waals surface area contributed by atoms with E-state index in [4.69, 9.17) is 4.74 Å². The van der Waals surface area contributed by atoms with Crippen LogP contribution in [0.25, 0.3) is 0 Å². The van der Waals surface area contributed by atoms with Gasteiger partial charge in [-0.15, -0.1) is 0 Å². The maximum atomic E-state index is 11.8. The molecule has 2 rings (SSSR count). The summed E-state index contributed by atoms with van der Waals surface area (Å²) in [7, 11) is 1.31. The third kappa shape index (κ3) is 3.61. The first-order valence-electron chi connectivity index (χ1n) is 7.19. The van der Waals surface area contributed by atoms with E-state index in [0.717, 1.165) is 31.1 Å². The van der Waals surface area contributed by atoms with Crippen LogP contribution < -0.4 is 4.90 Å². The number of aromatic nitrogens is 1. The van der Waals surface area contributed by atoms with Crippen molar-refractivity contribution in [3.63, 3.8) is 0 Å². The number of carbonyl (C=O) groups is 2. The fraction of sp³-hybridized carbons (Fsp3) is 0.667. The van der Waals surface area contributed by atoms with E-state index in [1.54, 1.807) is 0 Å². The second kappa shape index (κ2) is 6.13. The van der Waals surface area contributed by atoms with Crippen molar-refractivity contribution in [3.8, 4) is 0 Å². The summed E-state index contributed by atoms with van der Waals surface area (Å²) in [5.41, 5.74) is 0.481. The second-order valence-corrected chi connectivity index (χ2v) is 7.20. The Balaban J connectivity index is 2.28. The highest BCUT2D eigenvalue weighted by Crippen LogP contribution is 2.34. The van der Waals surface area contributed by atoms with Crippen LogP contribution in [0.1, 0.15) is 60.2 Å². The summed E-state index contributed by atoms with van der Waals surface area (Å²) >= 11 is 1.29. The van der Waals surface area contributed by atoms with Gasteiger partial charge in [0.25, 0.3) is 0 Å². The number of carbonyl (C=O) groups excluding carboxylic acids is 2. The summed E-state index contributed by atoms with van der Waals surface area (Å²) in [6, 6.07) is 0. The van der Waals surface area contributed by atoms with Gasteiger partial charge in [-0.2, -0.15) is 0 Å². The van der Waals surface area contributed by atoms with Crippen LogP contribution in [0.2, 0.25) is 0 Å². The largest absolute Gasteiger partial charge is 0.464 e. The van der Waals surface area contributed by atoms with Crippen LogP contribution >= 0.6 is 11.3 Å². The summed E-state index contributed by atoms with van der Waals surface area (Å²) in [4.78, 5) is 30.4. The number of nitrogens with zero attached hydrogens (tertiary/aromatic N) is 2. The Morgan fingerprint density at radius 1 is 1.29 bits per heavy atom. The molecule has 5 nitrogen and oxygen atoms in total. The molecule has 0 N–H and O–H groups in total. The number of ether oxygens (including phenoxy) is 1. The van der Waals surface area contributed by atoms with Crippen molar-refractivity contribution >= 4 is 28.2 Å².